The zero-order chi connectivity index (χ0) is 10.7. The topological polar surface area (TPSA) is 52.6 Å². The molecule has 4 heteroatoms. The number of carbonyl (C=O) groups is 1. The summed E-state index contributed by atoms with van der Waals surface area (Å²) in [4.78, 5) is 13.8. The van der Waals surface area contributed by atoms with E-state index in [-0.39, 0.29) is 12.5 Å². The molecule has 0 aromatic heterocycles. The minimum atomic E-state index is 0.217. The Kier molecular flexibility index (Phi) is 3.59. The summed E-state index contributed by atoms with van der Waals surface area (Å²) in [5, 5.41) is 12.3. The third-order valence-corrected chi connectivity index (χ3v) is 3.52. The number of aliphatic hydroxyl groups excluding tert-OH is 1. The molecule has 86 valence electrons. The number of hydrogen-bond donors (Lipinski definition) is 2. The van der Waals surface area contributed by atoms with Crippen LogP contribution in [0.3, 0.4) is 0 Å². The summed E-state index contributed by atoms with van der Waals surface area (Å²) in [7, 11) is 0. The second-order valence-electron chi connectivity index (χ2n) is 4.74. The molecule has 0 saturated carbocycles. The van der Waals surface area contributed by atoms with Crippen molar-refractivity contribution in [2.24, 2.45) is 11.8 Å². The maximum atomic E-state index is 11.9. The maximum absolute atomic E-state index is 11.9. The van der Waals surface area contributed by atoms with E-state index in [9.17, 15) is 4.79 Å². The van der Waals surface area contributed by atoms with Gasteiger partial charge < -0.3 is 15.3 Å². The summed E-state index contributed by atoms with van der Waals surface area (Å²) >= 11 is 0. The summed E-state index contributed by atoms with van der Waals surface area (Å²) in [6.45, 7) is 3.86. The molecule has 0 aromatic carbocycles. The van der Waals surface area contributed by atoms with Crippen LogP contribution in [0.5, 0.6) is 0 Å². The maximum Gasteiger partial charge on any atom is 0.222 e. The van der Waals surface area contributed by atoms with Crippen molar-refractivity contribution in [3.05, 3.63) is 0 Å². The smallest absolute Gasteiger partial charge is 0.222 e. The Morgan fingerprint density at radius 3 is 2.87 bits per heavy atom. The van der Waals surface area contributed by atoms with Crippen LogP contribution in [0.4, 0.5) is 0 Å². The molecule has 2 rings (SSSR count). The van der Waals surface area contributed by atoms with Crippen LogP contribution in [0.25, 0.3) is 0 Å². The first-order valence-corrected chi connectivity index (χ1v) is 5.89. The van der Waals surface area contributed by atoms with Crippen molar-refractivity contribution >= 4 is 5.91 Å². The molecule has 1 amide bonds. The van der Waals surface area contributed by atoms with Gasteiger partial charge in [-0.25, -0.2) is 0 Å². The Morgan fingerprint density at radius 2 is 2.27 bits per heavy atom. The van der Waals surface area contributed by atoms with Crippen LogP contribution in [0.2, 0.25) is 0 Å². The van der Waals surface area contributed by atoms with E-state index < -0.39 is 0 Å². The summed E-state index contributed by atoms with van der Waals surface area (Å²) in [5.41, 5.74) is 0. The van der Waals surface area contributed by atoms with Gasteiger partial charge >= 0.3 is 0 Å². The Hall–Kier alpha value is -0.610. The molecule has 0 bridgehead atoms. The molecule has 2 fully saturated rings. The second-order valence-corrected chi connectivity index (χ2v) is 4.74. The predicted molar refractivity (Wildman–Crippen MR) is 57.4 cm³/mol. The molecule has 2 N–H and O–H groups in total. The molecular formula is C11H20N2O2. The fourth-order valence-electron chi connectivity index (χ4n) is 2.47. The molecule has 2 saturated heterocycles. The monoisotopic (exact) mass is 212 g/mol. The zero-order valence-electron chi connectivity index (χ0n) is 9.11. The Balaban J connectivity index is 1.76. The van der Waals surface area contributed by atoms with Gasteiger partial charge in [0, 0.05) is 32.0 Å². The standard InChI is InChI=1S/C11H20N2O2/c14-8-10-2-4-13(7-10)11(15)5-9-1-3-12-6-9/h9-10,12,14H,1-8H2. The number of amides is 1. The minimum absolute atomic E-state index is 0.217. The van der Waals surface area contributed by atoms with E-state index in [4.69, 9.17) is 5.11 Å². The molecule has 2 aliphatic heterocycles. The number of nitrogens with zero attached hydrogens (tertiary/aromatic N) is 1. The SMILES string of the molecule is O=C(CC1CCNC1)N1CCC(CO)C1. The van der Waals surface area contributed by atoms with E-state index in [1.54, 1.807) is 0 Å². The van der Waals surface area contributed by atoms with E-state index in [1.165, 1.54) is 0 Å². The number of aliphatic hydroxyl groups is 1. The Labute approximate surface area is 90.6 Å². The average molecular weight is 212 g/mol. The molecule has 4 nitrogen and oxygen atoms in total. The highest BCUT2D eigenvalue weighted by Crippen LogP contribution is 2.19. The normalized spacial score (nSPS) is 31.1. The number of carbonyl (C=O) groups excluding carboxylic acids is 1. The van der Waals surface area contributed by atoms with Gasteiger partial charge in [0.1, 0.15) is 0 Å². The highest BCUT2D eigenvalue weighted by molar-refractivity contribution is 5.76. The fourth-order valence-corrected chi connectivity index (χ4v) is 2.47. The summed E-state index contributed by atoms with van der Waals surface area (Å²) in [5.74, 6) is 1.13. The molecular weight excluding hydrogens is 192 g/mol. The molecule has 2 unspecified atom stereocenters. The fraction of sp³-hybridized carbons (Fsp3) is 0.909. The van der Waals surface area contributed by atoms with E-state index in [0.29, 0.717) is 18.3 Å². The van der Waals surface area contributed by atoms with Crippen molar-refractivity contribution in [1.82, 2.24) is 10.2 Å². The molecule has 0 radical (unpaired) electrons. The lowest BCUT2D eigenvalue weighted by Crippen LogP contribution is -2.31. The summed E-state index contributed by atoms with van der Waals surface area (Å²) < 4.78 is 0. The van der Waals surface area contributed by atoms with Crippen LogP contribution in [0.15, 0.2) is 0 Å². The van der Waals surface area contributed by atoms with Gasteiger partial charge in [0.25, 0.3) is 0 Å². The summed E-state index contributed by atoms with van der Waals surface area (Å²) in [6, 6.07) is 0. The first kappa shape index (κ1) is 10.9. The van der Waals surface area contributed by atoms with Crippen LogP contribution in [-0.4, -0.2) is 48.7 Å². The Bertz CT molecular complexity index is 227. The van der Waals surface area contributed by atoms with Gasteiger partial charge in [0.15, 0.2) is 0 Å². The molecule has 2 atom stereocenters. The predicted octanol–water partition coefficient (Wildman–Crippen LogP) is -0.173. The van der Waals surface area contributed by atoms with E-state index in [2.05, 4.69) is 5.32 Å². The van der Waals surface area contributed by atoms with Gasteiger partial charge in [-0.15, -0.1) is 0 Å². The quantitative estimate of drug-likeness (QED) is 0.683. The van der Waals surface area contributed by atoms with Gasteiger partial charge in [-0.2, -0.15) is 0 Å². The van der Waals surface area contributed by atoms with Crippen LogP contribution < -0.4 is 5.32 Å². The van der Waals surface area contributed by atoms with Crippen molar-refractivity contribution in [2.45, 2.75) is 19.3 Å². The van der Waals surface area contributed by atoms with Gasteiger partial charge in [0.05, 0.1) is 0 Å². The molecule has 15 heavy (non-hydrogen) atoms. The van der Waals surface area contributed by atoms with Crippen LogP contribution in [0.1, 0.15) is 19.3 Å². The second kappa shape index (κ2) is 4.94. The summed E-state index contributed by atoms with van der Waals surface area (Å²) in [6.07, 6.45) is 2.78. The molecule has 0 spiro atoms. The van der Waals surface area contributed by atoms with Crippen LogP contribution in [-0.2, 0) is 4.79 Å². The van der Waals surface area contributed by atoms with Gasteiger partial charge in [-0.1, -0.05) is 0 Å². The molecule has 2 heterocycles. The van der Waals surface area contributed by atoms with Gasteiger partial charge in [-0.05, 0) is 31.8 Å². The number of nitrogens with one attached hydrogen (secondary N) is 1. The van der Waals surface area contributed by atoms with Crippen molar-refractivity contribution in [3.8, 4) is 0 Å². The third kappa shape index (κ3) is 2.69. The van der Waals surface area contributed by atoms with Crippen molar-refractivity contribution in [1.29, 1.82) is 0 Å². The minimum Gasteiger partial charge on any atom is -0.396 e. The lowest BCUT2D eigenvalue weighted by molar-refractivity contribution is -0.131. The lowest BCUT2D eigenvalue weighted by atomic mass is 10.0. The van der Waals surface area contributed by atoms with Crippen molar-refractivity contribution in [3.63, 3.8) is 0 Å². The largest absolute Gasteiger partial charge is 0.396 e. The number of likely N-dealkylation sites (tertiary alicyclic amines) is 1. The van der Waals surface area contributed by atoms with E-state index in [0.717, 1.165) is 39.0 Å². The lowest BCUT2D eigenvalue weighted by Gasteiger charge is -2.18. The number of rotatable bonds is 3. The van der Waals surface area contributed by atoms with Crippen molar-refractivity contribution < 1.29 is 9.90 Å². The van der Waals surface area contributed by atoms with Crippen LogP contribution >= 0.6 is 0 Å². The molecule has 0 aliphatic carbocycles. The van der Waals surface area contributed by atoms with E-state index in [1.807, 2.05) is 4.90 Å². The van der Waals surface area contributed by atoms with Crippen LogP contribution in [0, 0.1) is 11.8 Å². The van der Waals surface area contributed by atoms with Gasteiger partial charge in [0.2, 0.25) is 5.91 Å². The molecule has 2 aliphatic rings. The highest BCUT2D eigenvalue weighted by atomic mass is 16.3. The van der Waals surface area contributed by atoms with Crippen molar-refractivity contribution in [2.75, 3.05) is 32.8 Å². The van der Waals surface area contributed by atoms with Gasteiger partial charge in [-0.3, -0.25) is 4.79 Å². The zero-order valence-corrected chi connectivity index (χ0v) is 9.11. The average Bonchev–Trinajstić information content (AvgIpc) is 2.86. The van der Waals surface area contributed by atoms with E-state index >= 15 is 0 Å². The first-order valence-electron chi connectivity index (χ1n) is 5.89. The highest BCUT2D eigenvalue weighted by Gasteiger charge is 2.27. The number of hydrogen-bond acceptors (Lipinski definition) is 3. The Morgan fingerprint density at radius 1 is 1.40 bits per heavy atom. The first-order chi connectivity index (χ1) is 7.29. The molecule has 0 aromatic rings. The third-order valence-electron chi connectivity index (χ3n) is 3.52.